The number of benzene rings is 2. The lowest BCUT2D eigenvalue weighted by Gasteiger charge is -2.07. The Morgan fingerprint density at radius 1 is 1.00 bits per heavy atom. The summed E-state index contributed by atoms with van der Waals surface area (Å²) in [6, 6.07) is 17.1. The Hall–Kier alpha value is -2.92. The van der Waals surface area contributed by atoms with E-state index in [1.807, 2.05) is 18.2 Å². The van der Waals surface area contributed by atoms with Crippen LogP contribution in [0.3, 0.4) is 0 Å². The number of rotatable bonds is 6. The highest BCUT2D eigenvalue weighted by Crippen LogP contribution is 2.15. The van der Waals surface area contributed by atoms with E-state index in [0.29, 0.717) is 22.2 Å². The summed E-state index contributed by atoms with van der Waals surface area (Å²) in [4.78, 5) is 20.5. The lowest BCUT2D eigenvalue weighted by molar-refractivity contribution is 0.102. The van der Waals surface area contributed by atoms with Gasteiger partial charge in [-0.25, -0.2) is 9.97 Å². The van der Waals surface area contributed by atoms with Crippen molar-refractivity contribution in [2.45, 2.75) is 6.42 Å². The number of hydrogen-bond donors (Lipinski definition) is 2. The Balaban J connectivity index is 1.53. The van der Waals surface area contributed by atoms with Crippen molar-refractivity contribution in [3.8, 4) is 0 Å². The van der Waals surface area contributed by atoms with Gasteiger partial charge in [-0.15, -0.1) is 0 Å². The summed E-state index contributed by atoms with van der Waals surface area (Å²) in [5, 5.41) is 6.47. The maximum atomic E-state index is 12.2. The van der Waals surface area contributed by atoms with Crippen LogP contribution in [0.15, 0.2) is 67.0 Å². The Labute approximate surface area is 151 Å². The normalized spacial score (nSPS) is 10.3. The van der Waals surface area contributed by atoms with E-state index in [1.165, 1.54) is 18.0 Å². The number of nitrogens with zero attached hydrogens (tertiary/aromatic N) is 2. The van der Waals surface area contributed by atoms with Gasteiger partial charge in [0.2, 0.25) is 5.95 Å². The molecule has 0 saturated carbocycles. The highest BCUT2D eigenvalue weighted by molar-refractivity contribution is 6.30. The molecule has 1 heterocycles. The molecule has 126 valence electrons. The molecule has 0 radical (unpaired) electrons. The first-order valence-corrected chi connectivity index (χ1v) is 8.25. The summed E-state index contributed by atoms with van der Waals surface area (Å²) >= 11 is 5.90. The molecule has 2 N–H and O–H groups in total. The summed E-state index contributed by atoms with van der Waals surface area (Å²) in [6.07, 6.45) is 3.87. The van der Waals surface area contributed by atoms with Crippen molar-refractivity contribution in [1.82, 2.24) is 9.97 Å². The second-order valence-corrected chi connectivity index (χ2v) is 5.86. The lowest BCUT2D eigenvalue weighted by atomic mass is 10.1. The van der Waals surface area contributed by atoms with E-state index in [-0.39, 0.29) is 5.91 Å². The zero-order valence-electron chi connectivity index (χ0n) is 13.4. The molecule has 0 aliphatic heterocycles. The molecule has 0 unspecified atom stereocenters. The van der Waals surface area contributed by atoms with Crippen LogP contribution < -0.4 is 10.6 Å². The number of carbonyl (C=O) groups is 1. The largest absolute Gasteiger partial charge is 0.354 e. The average Bonchev–Trinajstić information content (AvgIpc) is 2.63. The molecule has 25 heavy (non-hydrogen) atoms. The van der Waals surface area contributed by atoms with E-state index in [0.717, 1.165) is 13.0 Å². The molecule has 0 atom stereocenters. The maximum Gasteiger partial charge on any atom is 0.258 e. The first kappa shape index (κ1) is 16.9. The van der Waals surface area contributed by atoms with Crippen LogP contribution in [0.1, 0.15) is 15.9 Å². The fraction of sp³-hybridized carbons (Fsp3) is 0.105. The predicted octanol–water partition coefficient (Wildman–Crippen LogP) is 4.04. The van der Waals surface area contributed by atoms with Gasteiger partial charge in [0.1, 0.15) is 0 Å². The van der Waals surface area contributed by atoms with Crippen molar-refractivity contribution in [1.29, 1.82) is 0 Å². The lowest BCUT2D eigenvalue weighted by Crippen LogP contribution is -2.14. The molecular weight excluding hydrogens is 336 g/mol. The van der Waals surface area contributed by atoms with Crippen LogP contribution in [0.25, 0.3) is 0 Å². The minimum absolute atomic E-state index is 0.280. The van der Waals surface area contributed by atoms with Gasteiger partial charge in [0.25, 0.3) is 5.91 Å². The van der Waals surface area contributed by atoms with Gasteiger partial charge in [-0.05, 0) is 30.2 Å². The average molecular weight is 353 g/mol. The molecule has 0 spiro atoms. The summed E-state index contributed by atoms with van der Waals surface area (Å²) in [7, 11) is 0. The van der Waals surface area contributed by atoms with Gasteiger partial charge < -0.3 is 10.6 Å². The molecular formula is C19H17ClN4O. The van der Waals surface area contributed by atoms with Crippen molar-refractivity contribution < 1.29 is 4.79 Å². The molecule has 0 aliphatic rings. The molecule has 0 bridgehead atoms. The number of hydrogen-bond acceptors (Lipinski definition) is 4. The van der Waals surface area contributed by atoms with Gasteiger partial charge in [-0.3, -0.25) is 4.79 Å². The third kappa shape index (κ3) is 5.02. The van der Waals surface area contributed by atoms with Gasteiger partial charge >= 0.3 is 0 Å². The monoisotopic (exact) mass is 352 g/mol. The fourth-order valence-corrected chi connectivity index (χ4v) is 2.46. The molecule has 6 heteroatoms. The van der Waals surface area contributed by atoms with Crippen molar-refractivity contribution in [2.24, 2.45) is 0 Å². The van der Waals surface area contributed by atoms with Gasteiger partial charge in [-0.2, -0.15) is 0 Å². The van der Waals surface area contributed by atoms with Crippen LogP contribution in [-0.2, 0) is 6.42 Å². The van der Waals surface area contributed by atoms with Crippen molar-refractivity contribution in [3.05, 3.63) is 83.1 Å². The highest BCUT2D eigenvalue weighted by Gasteiger charge is 2.08. The van der Waals surface area contributed by atoms with Crippen LogP contribution in [0.5, 0.6) is 0 Å². The molecule has 2 aromatic carbocycles. The second-order valence-electron chi connectivity index (χ2n) is 5.42. The Morgan fingerprint density at radius 2 is 1.76 bits per heavy atom. The number of aromatic nitrogens is 2. The van der Waals surface area contributed by atoms with Crippen LogP contribution in [-0.4, -0.2) is 22.4 Å². The molecule has 0 aliphatic carbocycles. The van der Waals surface area contributed by atoms with Gasteiger partial charge in [-0.1, -0.05) is 48.0 Å². The van der Waals surface area contributed by atoms with E-state index in [4.69, 9.17) is 11.6 Å². The Kier molecular flexibility index (Phi) is 5.59. The van der Waals surface area contributed by atoms with Crippen molar-refractivity contribution >= 4 is 29.1 Å². The molecule has 5 nitrogen and oxygen atoms in total. The minimum atomic E-state index is -0.280. The number of nitrogens with one attached hydrogen (secondary N) is 2. The van der Waals surface area contributed by atoms with E-state index >= 15 is 0 Å². The molecule has 1 aromatic heterocycles. The first-order valence-electron chi connectivity index (χ1n) is 7.87. The molecule has 0 fully saturated rings. The third-order valence-electron chi connectivity index (χ3n) is 3.54. The van der Waals surface area contributed by atoms with Gasteiger partial charge in [0, 0.05) is 29.6 Å². The Bertz CT molecular complexity index is 838. The predicted molar refractivity (Wildman–Crippen MR) is 100 cm³/mol. The topological polar surface area (TPSA) is 66.9 Å². The van der Waals surface area contributed by atoms with Gasteiger partial charge in [0.15, 0.2) is 0 Å². The summed E-state index contributed by atoms with van der Waals surface area (Å²) in [6.45, 7) is 0.720. The third-order valence-corrected chi connectivity index (χ3v) is 3.77. The van der Waals surface area contributed by atoms with Crippen LogP contribution >= 0.6 is 11.6 Å². The van der Waals surface area contributed by atoms with Crippen molar-refractivity contribution in [3.63, 3.8) is 0 Å². The van der Waals surface area contributed by atoms with Crippen LogP contribution in [0.2, 0.25) is 5.02 Å². The highest BCUT2D eigenvalue weighted by atomic mass is 35.5. The zero-order valence-corrected chi connectivity index (χ0v) is 14.2. The number of anilines is 2. The molecule has 1 amide bonds. The minimum Gasteiger partial charge on any atom is -0.354 e. The van der Waals surface area contributed by atoms with E-state index in [9.17, 15) is 4.79 Å². The maximum absolute atomic E-state index is 12.2. The number of amides is 1. The second kappa shape index (κ2) is 8.26. The smallest absolute Gasteiger partial charge is 0.258 e. The summed E-state index contributed by atoms with van der Waals surface area (Å²) in [5.74, 6) is 0.216. The number of carbonyl (C=O) groups excluding carboxylic acids is 1. The van der Waals surface area contributed by atoms with Crippen molar-refractivity contribution in [2.75, 3.05) is 17.2 Å². The van der Waals surface area contributed by atoms with Gasteiger partial charge in [0.05, 0.1) is 5.56 Å². The summed E-state index contributed by atoms with van der Waals surface area (Å²) in [5.41, 5.74) is 2.25. The standard InChI is InChI=1S/C19H17ClN4O/c20-16-7-4-8-17(11-16)24-18(25)15-12-22-19(23-13-15)21-10-9-14-5-2-1-3-6-14/h1-8,11-13H,9-10H2,(H,24,25)(H,21,22,23). The molecule has 3 aromatic rings. The van der Waals surface area contributed by atoms with E-state index in [2.05, 4.69) is 32.7 Å². The summed E-state index contributed by atoms with van der Waals surface area (Å²) < 4.78 is 0. The van der Waals surface area contributed by atoms with Crippen LogP contribution in [0.4, 0.5) is 11.6 Å². The molecule has 3 rings (SSSR count). The molecule has 0 saturated heterocycles. The fourth-order valence-electron chi connectivity index (χ4n) is 2.27. The Morgan fingerprint density at radius 3 is 2.48 bits per heavy atom. The SMILES string of the molecule is O=C(Nc1cccc(Cl)c1)c1cnc(NCCc2ccccc2)nc1. The quantitative estimate of drug-likeness (QED) is 0.702. The van der Waals surface area contributed by atoms with E-state index in [1.54, 1.807) is 24.3 Å². The zero-order chi connectivity index (χ0) is 17.5. The van der Waals surface area contributed by atoms with E-state index < -0.39 is 0 Å². The number of halogens is 1. The van der Waals surface area contributed by atoms with Crippen LogP contribution in [0, 0.1) is 0 Å². The first-order chi connectivity index (χ1) is 12.2.